The SMILES string of the molecule is CCCN(CC1CC1)C(=O)c1cc(-c2cn[nH]c2)nc2c(C)cccc12. The van der Waals surface area contributed by atoms with E-state index >= 15 is 0 Å². The first-order valence-corrected chi connectivity index (χ1v) is 9.36. The maximum atomic E-state index is 13.4. The maximum Gasteiger partial charge on any atom is 0.254 e. The topological polar surface area (TPSA) is 61.9 Å². The van der Waals surface area contributed by atoms with Crippen LogP contribution in [0.1, 0.15) is 42.1 Å². The van der Waals surface area contributed by atoms with E-state index in [2.05, 4.69) is 17.1 Å². The molecular weight excluding hydrogens is 324 g/mol. The number of aromatic amines is 1. The lowest BCUT2D eigenvalue weighted by Crippen LogP contribution is -2.33. The minimum Gasteiger partial charge on any atom is -0.338 e. The molecule has 0 radical (unpaired) electrons. The zero-order valence-electron chi connectivity index (χ0n) is 15.3. The second-order valence-corrected chi connectivity index (χ2v) is 7.21. The number of H-pyrrole nitrogens is 1. The average molecular weight is 348 g/mol. The van der Waals surface area contributed by atoms with E-state index in [-0.39, 0.29) is 5.91 Å². The normalized spacial score (nSPS) is 13.9. The van der Waals surface area contributed by atoms with Gasteiger partial charge in [-0.05, 0) is 43.7 Å². The van der Waals surface area contributed by atoms with Gasteiger partial charge in [-0.15, -0.1) is 0 Å². The van der Waals surface area contributed by atoms with Crippen molar-refractivity contribution in [3.8, 4) is 11.3 Å². The van der Waals surface area contributed by atoms with Gasteiger partial charge in [0, 0.05) is 30.2 Å². The predicted molar refractivity (Wildman–Crippen MR) is 103 cm³/mol. The fourth-order valence-electron chi connectivity index (χ4n) is 3.44. The van der Waals surface area contributed by atoms with Gasteiger partial charge in [0.05, 0.1) is 23.0 Å². The van der Waals surface area contributed by atoms with Crippen molar-refractivity contribution in [2.45, 2.75) is 33.1 Å². The summed E-state index contributed by atoms with van der Waals surface area (Å²) in [5, 5.41) is 7.79. The van der Waals surface area contributed by atoms with E-state index in [4.69, 9.17) is 4.98 Å². The molecule has 0 aliphatic heterocycles. The van der Waals surface area contributed by atoms with Crippen LogP contribution in [0.25, 0.3) is 22.2 Å². The maximum absolute atomic E-state index is 13.4. The van der Waals surface area contributed by atoms with Crippen molar-refractivity contribution in [1.82, 2.24) is 20.1 Å². The molecule has 2 heterocycles. The molecule has 1 saturated carbocycles. The molecule has 1 aromatic carbocycles. The number of amides is 1. The van der Waals surface area contributed by atoms with Crippen LogP contribution in [0.3, 0.4) is 0 Å². The summed E-state index contributed by atoms with van der Waals surface area (Å²) in [7, 11) is 0. The largest absolute Gasteiger partial charge is 0.338 e. The van der Waals surface area contributed by atoms with Gasteiger partial charge in [0.25, 0.3) is 5.91 Å². The lowest BCUT2D eigenvalue weighted by atomic mass is 10.0. The van der Waals surface area contributed by atoms with Gasteiger partial charge in [-0.2, -0.15) is 5.10 Å². The third kappa shape index (κ3) is 3.21. The monoisotopic (exact) mass is 348 g/mol. The Bertz CT molecular complexity index is 929. The highest BCUT2D eigenvalue weighted by molar-refractivity contribution is 6.07. The van der Waals surface area contributed by atoms with E-state index in [1.165, 1.54) is 12.8 Å². The number of rotatable bonds is 6. The Kier molecular flexibility index (Phi) is 4.45. The van der Waals surface area contributed by atoms with Gasteiger partial charge < -0.3 is 4.90 Å². The van der Waals surface area contributed by atoms with Crippen LogP contribution in [-0.2, 0) is 0 Å². The van der Waals surface area contributed by atoms with Gasteiger partial charge in [-0.3, -0.25) is 9.89 Å². The first-order chi connectivity index (χ1) is 12.7. The summed E-state index contributed by atoms with van der Waals surface area (Å²) in [6, 6.07) is 7.96. The molecule has 1 aliphatic rings. The van der Waals surface area contributed by atoms with Gasteiger partial charge in [0.15, 0.2) is 0 Å². The average Bonchev–Trinajstić information content (AvgIpc) is 3.29. The Balaban J connectivity index is 1.83. The summed E-state index contributed by atoms with van der Waals surface area (Å²) < 4.78 is 0. The molecule has 0 saturated heterocycles. The van der Waals surface area contributed by atoms with Crippen molar-refractivity contribution in [2.24, 2.45) is 5.92 Å². The number of hydrogen-bond acceptors (Lipinski definition) is 3. The van der Waals surface area contributed by atoms with Crippen LogP contribution >= 0.6 is 0 Å². The number of aromatic nitrogens is 3. The van der Waals surface area contributed by atoms with E-state index in [0.717, 1.165) is 52.8 Å². The lowest BCUT2D eigenvalue weighted by Gasteiger charge is -2.23. The van der Waals surface area contributed by atoms with Crippen LogP contribution in [0.15, 0.2) is 36.7 Å². The van der Waals surface area contributed by atoms with E-state index in [9.17, 15) is 4.79 Å². The minimum atomic E-state index is 0.112. The van der Waals surface area contributed by atoms with Crippen molar-refractivity contribution in [2.75, 3.05) is 13.1 Å². The van der Waals surface area contributed by atoms with Crippen molar-refractivity contribution < 1.29 is 4.79 Å². The highest BCUT2D eigenvalue weighted by atomic mass is 16.2. The number of nitrogens with zero attached hydrogens (tertiary/aromatic N) is 3. The zero-order valence-corrected chi connectivity index (χ0v) is 15.3. The number of nitrogens with one attached hydrogen (secondary N) is 1. The molecule has 5 nitrogen and oxygen atoms in total. The molecule has 0 atom stereocenters. The van der Waals surface area contributed by atoms with E-state index in [1.807, 2.05) is 42.3 Å². The van der Waals surface area contributed by atoms with Crippen LogP contribution in [0.5, 0.6) is 0 Å². The van der Waals surface area contributed by atoms with Crippen LogP contribution in [0, 0.1) is 12.8 Å². The second-order valence-electron chi connectivity index (χ2n) is 7.21. The second kappa shape index (κ2) is 6.90. The highest BCUT2D eigenvalue weighted by Gasteiger charge is 2.28. The molecule has 1 N–H and O–H groups in total. The van der Waals surface area contributed by atoms with Crippen molar-refractivity contribution >= 4 is 16.8 Å². The summed E-state index contributed by atoms with van der Waals surface area (Å²) in [6.45, 7) is 5.82. The smallest absolute Gasteiger partial charge is 0.254 e. The van der Waals surface area contributed by atoms with Crippen LogP contribution < -0.4 is 0 Å². The number of aryl methyl sites for hydroxylation is 1. The molecule has 26 heavy (non-hydrogen) atoms. The van der Waals surface area contributed by atoms with Gasteiger partial charge in [0.1, 0.15) is 0 Å². The van der Waals surface area contributed by atoms with Gasteiger partial charge in [-0.25, -0.2) is 4.98 Å². The molecule has 4 rings (SSSR count). The molecule has 1 amide bonds. The molecule has 5 heteroatoms. The summed E-state index contributed by atoms with van der Waals surface area (Å²) in [4.78, 5) is 20.2. The Morgan fingerprint density at radius 1 is 1.35 bits per heavy atom. The Morgan fingerprint density at radius 3 is 2.88 bits per heavy atom. The van der Waals surface area contributed by atoms with E-state index in [1.54, 1.807) is 6.20 Å². The molecule has 3 aromatic rings. The fourth-order valence-corrected chi connectivity index (χ4v) is 3.44. The molecule has 0 unspecified atom stereocenters. The predicted octanol–water partition coefficient (Wildman–Crippen LogP) is 4.20. The number of carbonyl (C=O) groups is 1. The van der Waals surface area contributed by atoms with Crippen molar-refractivity contribution in [3.05, 3.63) is 47.8 Å². The number of carbonyl (C=O) groups excluding carboxylic acids is 1. The molecule has 0 bridgehead atoms. The molecule has 1 aliphatic carbocycles. The number of benzene rings is 1. The minimum absolute atomic E-state index is 0.112. The third-order valence-corrected chi connectivity index (χ3v) is 5.02. The van der Waals surface area contributed by atoms with E-state index < -0.39 is 0 Å². The summed E-state index contributed by atoms with van der Waals surface area (Å²) in [5.74, 6) is 0.787. The summed E-state index contributed by atoms with van der Waals surface area (Å²) in [5.41, 5.74) is 4.38. The molecular formula is C21H24N4O. The number of fused-ring (bicyclic) bond motifs is 1. The fraction of sp³-hybridized carbons (Fsp3) is 0.381. The first-order valence-electron chi connectivity index (χ1n) is 9.36. The zero-order chi connectivity index (χ0) is 18.1. The van der Waals surface area contributed by atoms with Gasteiger partial charge >= 0.3 is 0 Å². The van der Waals surface area contributed by atoms with Gasteiger partial charge in [0.2, 0.25) is 0 Å². The van der Waals surface area contributed by atoms with E-state index in [0.29, 0.717) is 5.92 Å². The van der Waals surface area contributed by atoms with Gasteiger partial charge in [-0.1, -0.05) is 25.1 Å². The number of pyridine rings is 1. The summed E-state index contributed by atoms with van der Waals surface area (Å²) in [6.07, 6.45) is 7.01. The Labute approximate surface area is 153 Å². The van der Waals surface area contributed by atoms with Crippen LogP contribution in [0.2, 0.25) is 0 Å². The number of hydrogen-bond donors (Lipinski definition) is 1. The summed E-state index contributed by atoms with van der Waals surface area (Å²) >= 11 is 0. The standard InChI is InChI=1S/C21H24N4O/c1-3-9-25(13-15-7-8-15)21(26)18-10-19(16-11-22-23-12-16)24-20-14(2)5-4-6-17(18)20/h4-6,10-12,15H,3,7-9,13H2,1-2H3,(H,22,23). The molecule has 2 aromatic heterocycles. The van der Waals surface area contributed by atoms with Crippen LogP contribution in [0.4, 0.5) is 0 Å². The molecule has 134 valence electrons. The molecule has 0 spiro atoms. The Hall–Kier alpha value is -2.69. The highest BCUT2D eigenvalue weighted by Crippen LogP contribution is 2.32. The third-order valence-electron chi connectivity index (χ3n) is 5.02. The molecule has 1 fully saturated rings. The first kappa shape index (κ1) is 16.8. The van der Waals surface area contributed by atoms with Crippen LogP contribution in [-0.4, -0.2) is 39.1 Å². The number of para-hydroxylation sites is 1. The lowest BCUT2D eigenvalue weighted by molar-refractivity contribution is 0.0749. The quantitative estimate of drug-likeness (QED) is 0.726. The Morgan fingerprint density at radius 2 is 2.19 bits per heavy atom. The van der Waals surface area contributed by atoms with Crippen molar-refractivity contribution in [3.63, 3.8) is 0 Å². The van der Waals surface area contributed by atoms with Crippen molar-refractivity contribution in [1.29, 1.82) is 0 Å².